The lowest BCUT2D eigenvalue weighted by atomic mass is 10.0. The predicted octanol–water partition coefficient (Wildman–Crippen LogP) is 2.61. The fourth-order valence-corrected chi connectivity index (χ4v) is 3.01. The monoisotopic (exact) mass is 291 g/mol. The van der Waals surface area contributed by atoms with Gasteiger partial charge in [0.2, 0.25) is 0 Å². The van der Waals surface area contributed by atoms with Crippen LogP contribution in [0.1, 0.15) is 49.3 Å². The normalized spacial score (nSPS) is 18.1. The van der Waals surface area contributed by atoms with Gasteiger partial charge in [-0.15, -0.1) is 0 Å². The molecular weight excluding hydrogens is 266 g/mol. The SMILES string of the molecule is O=C(O)C(c1ccc(CCCO)cc1)N1CCCCCC1. The van der Waals surface area contributed by atoms with Crippen molar-refractivity contribution in [2.75, 3.05) is 19.7 Å². The summed E-state index contributed by atoms with van der Waals surface area (Å²) in [4.78, 5) is 13.8. The Bertz CT molecular complexity index is 436. The van der Waals surface area contributed by atoms with Crippen molar-refractivity contribution in [1.29, 1.82) is 0 Å². The Morgan fingerprint density at radius 3 is 2.24 bits per heavy atom. The van der Waals surface area contributed by atoms with E-state index in [4.69, 9.17) is 5.11 Å². The van der Waals surface area contributed by atoms with Gasteiger partial charge in [-0.25, -0.2) is 0 Å². The zero-order chi connectivity index (χ0) is 15.1. The van der Waals surface area contributed by atoms with Crippen molar-refractivity contribution in [3.63, 3.8) is 0 Å². The number of aliphatic hydroxyl groups is 1. The summed E-state index contributed by atoms with van der Waals surface area (Å²) < 4.78 is 0. The maximum absolute atomic E-state index is 11.7. The van der Waals surface area contributed by atoms with Gasteiger partial charge in [0.15, 0.2) is 0 Å². The first kappa shape index (κ1) is 16.0. The molecule has 1 fully saturated rings. The fraction of sp³-hybridized carbons (Fsp3) is 0.588. The first-order chi connectivity index (χ1) is 10.2. The number of carboxylic acids is 1. The molecule has 0 spiro atoms. The van der Waals surface area contributed by atoms with Crippen LogP contribution >= 0.6 is 0 Å². The molecule has 1 unspecified atom stereocenters. The Hall–Kier alpha value is -1.39. The van der Waals surface area contributed by atoms with Gasteiger partial charge in [-0.2, -0.15) is 0 Å². The van der Waals surface area contributed by atoms with Crippen molar-refractivity contribution >= 4 is 5.97 Å². The third-order valence-corrected chi connectivity index (χ3v) is 4.16. The van der Waals surface area contributed by atoms with Crippen LogP contribution in [0.25, 0.3) is 0 Å². The molecular formula is C17H25NO3. The van der Waals surface area contributed by atoms with E-state index >= 15 is 0 Å². The average molecular weight is 291 g/mol. The summed E-state index contributed by atoms with van der Waals surface area (Å²) in [5.41, 5.74) is 2.00. The van der Waals surface area contributed by atoms with E-state index < -0.39 is 12.0 Å². The molecule has 1 saturated heterocycles. The number of carboxylic acid groups (broad SMARTS) is 1. The van der Waals surface area contributed by atoms with Crippen LogP contribution in [0.4, 0.5) is 0 Å². The van der Waals surface area contributed by atoms with Gasteiger partial charge in [0.05, 0.1) is 0 Å². The largest absolute Gasteiger partial charge is 0.480 e. The highest BCUT2D eigenvalue weighted by atomic mass is 16.4. The van der Waals surface area contributed by atoms with Crippen molar-refractivity contribution in [3.8, 4) is 0 Å². The molecule has 116 valence electrons. The third kappa shape index (κ3) is 4.55. The van der Waals surface area contributed by atoms with E-state index in [0.717, 1.165) is 49.9 Å². The first-order valence-corrected chi connectivity index (χ1v) is 7.89. The summed E-state index contributed by atoms with van der Waals surface area (Å²) in [6, 6.07) is 7.29. The molecule has 1 aromatic rings. The van der Waals surface area contributed by atoms with Crippen molar-refractivity contribution in [2.24, 2.45) is 0 Å². The molecule has 2 N–H and O–H groups in total. The average Bonchev–Trinajstić information content (AvgIpc) is 2.75. The second kappa shape index (κ2) is 8.15. The van der Waals surface area contributed by atoms with Crippen molar-refractivity contribution in [3.05, 3.63) is 35.4 Å². The molecule has 1 aliphatic heterocycles. The van der Waals surface area contributed by atoms with Crippen LogP contribution in [-0.2, 0) is 11.2 Å². The highest BCUT2D eigenvalue weighted by molar-refractivity contribution is 5.75. The third-order valence-electron chi connectivity index (χ3n) is 4.16. The Morgan fingerprint density at radius 1 is 1.10 bits per heavy atom. The minimum atomic E-state index is -0.764. The zero-order valence-electron chi connectivity index (χ0n) is 12.5. The van der Waals surface area contributed by atoms with Gasteiger partial charge in [-0.1, -0.05) is 37.1 Å². The number of likely N-dealkylation sites (tertiary alicyclic amines) is 1. The summed E-state index contributed by atoms with van der Waals surface area (Å²) in [7, 11) is 0. The molecule has 0 bridgehead atoms. The van der Waals surface area contributed by atoms with Gasteiger partial charge >= 0.3 is 5.97 Å². The van der Waals surface area contributed by atoms with Crippen LogP contribution in [0.15, 0.2) is 24.3 Å². The fourth-order valence-electron chi connectivity index (χ4n) is 3.01. The molecule has 0 radical (unpaired) electrons. The molecule has 0 amide bonds. The van der Waals surface area contributed by atoms with Crippen molar-refractivity contribution in [2.45, 2.75) is 44.6 Å². The molecule has 1 aliphatic rings. The highest BCUT2D eigenvalue weighted by Crippen LogP contribution is 2.25. The smallest absolute Gasteiger partial charge is 0.325 e. The van der Waals surface area contributed by atoms with E-state index in [1.165, 1.54) is 12.8 Å². The number of hydrogen-bond acceptors (Lipinski definition) is 3. The van der Waals surface area contributed by atoms with E-state index in [2.05, 4.69) is 4.90 Å². The van der Waals surface area contributed by atoms with Gasteiger partial charge in [-0.05, 0) is 49.9 Å². The summed E-state index contributed by atoms with van der Waals surface area (Å²) in [5.74, 6) is -0.764. The molecule has 2 rings (SSSR count). The number of benzene rings is 1. The summed E-state index contributed by atoms with van der Waals surface area (Å²) in [6.07, 6.45) is 6.13. The van der Waals surface area contributed by atoms with E-state index in [0.29, 0.717) is 0 Å². The number of carbonyl (C=O) groups is 1. The standard InChI is InChI=1S/C17H25NO3/c19-13-5-6-14-7-9-15(10-8-14)16(17(20)21)18-11-3-1-2-4-12-18/h7-10,16,19H,1-6,11-13H2,(H,20,21). The molecule has 4 nitrogen and oxygen atoms in total. The Labute approximate surface area is 126 Å². The second-order valence-corrected chi connectivity index (χ2v) is 5.76. The maximum Gasteiger partial charge on any atom is 0.325 e. The lowest BCUT2D eigenvalue weighted by Crippen LogP contribution is -2.34. The Kier molecular flexibility index (Phi) is 6.21. The van der Waals surface area contributed by atoms with Crippen LogP contribution in [0.3, 0.4) is 0 Å². The molecule has 1 aromatic carbocycles. The number of aliphatic carboxylic acids is 1. The minimum absolute atomic E-state index is 0.188. The summed E-state index contributed by atoms with van der Waals surface area (Å²) in [5, 5.41) is 18.5. The summed E-state index contributed by atoms with van der Waals surface area (Å²) >= 11 is 0. The molecule has 0 aliphatic carbocycles. The number of aryl methyl sites for hydroxylation is 1. The Balaban J connectivity index is 2.11. The van der Waals surface area contributed by atoms with E-state index in [9.17, 15) is 9.90 Å². The van der Waals surface area contributed by atoms with Crippen molar-refractivity contribution < 1.29 is 15.0 Å². The quantitative estimate of drug-likeness (QED) is 0.846. The van der Waals surface area contributed by atoms with Gasteiger partial charge in [0.25, 0.3) is 0 Å². The van der Waals surface area contributed by atoms with Gasteiger partial charge in [0, 0.05) is 6.61 Å². The molecule has 4 heteroatoms. The molecule has 0 saturated carbocycles. The molecule has 0 aromatic heterocycles. The van der Waals surface area contributed by atoms with Crippen LogP contribution in [0, 0.1) is 0 Å². The van der Waals surface area contributed by atoms with E-state index in [-0.39, 0.29) is 6.61 Å². The molecule has 21 heavy (non-hydrogen) atoms. The van der Waals surface area contributed by atoms with Crippen LogP contribution in [0.5, 0.6) is 0 Å². The topological polar surface area (TPSA) is 60.8 Å². The number of nitrogens with zero attached hydrogens (tertiary/aromatic N) is 1. The summed E-state index contributed by atoms with van der Waals surface area (Å²) in [6.45, 7) is 1.92. The second-order valence-electron chi connectivity index (χ2n) is 5.76. The number of rotatable bonds is 6. The lowest BCUT2D eigenvalue weighted by Gasteiger charge is -2.27. The zero-order valence-corrected chi connectivity index (χ0v) is 12.5. The van der Waals surface area contributed by atoms with Crippen molar-refractivity contribution in [1.82, 2.24) is 4.90 Å². The number of hydrogen-bond donors (Lipinski definition) is 2. The molecule has 1 heterocycles. The van der Waals surface area contributed by atoms with Gasteiger partial charge < -0.3 is 10.2 Å². The van der Waals surface area contributed by atoms with Gasteiger partial charge in [0.1, 0.15) is 6.04 Å². The predicted molar refractivity (Wildman–Crippen MR) is 82.3 cm³/mol. The Morgan fingerprint density at radius 2 is 1.71 bits per heavy atom. The van der Waals surface area contributed by atoms with Crippen LogP contribution in [-0.4, -0.2) is 40.8 Å². The molecule has 1 atom stereocenters. The minimum Gasteiger partial charge on any atom is -0.480 e. The van der Waals surface area contributed by atoms with E-state index in [1.54, 1.807) is 0 Å². The van der Waals surface area contributed by atoms with Gasteiger partial charge in [-0.3, -0.25) is 9.69 Å². The highest BCUT2D eigenvalue weighted by Gasteiger charge is 2.27. The first-order valence-electron chi connectivity index (χ1n) is 7.89. The maximum atomic E-state index is 11.7. The van der Waals surface area contributed by atoms with E-state index in [1.807, 2.05) is 24.3 Å². The van der Waals surface area contributed by atoms with Crippen LogP contribution in [0.2, 0.25) is 0 Å². The number of aliphatic hydroxyl groups excluding tert-OH is 1. The van der Waals surface area contributed by atoms with Crippen LogP contribution < -0.4 is 0 Å². The lowest BCUT2D eigenvalue weighted by molar-refractivity contribution is -0.143.